The third kappa shape index (κ3) is 2.50. The molecule has 2 aromatic heterocycles. The monoisotopic (exact) mass is 349 g/mol. The van der Waals surface area contributed by atoms with Gasteiger partial charge in [-0.15, -0.1) is 0 Å². The Morgan fingerprint density at radius 3 is 2.62 bits per heavy atom. The van der Waals surface area contributed by atoms with Gasteiger partial charge in [-0.2, -0.15) is 0 Å². The van der Waals surface area contributed by atoms with Gasteiger partial charge in [0.05, 0.1) is 36.9 Å². The van der Waals surface area contributed by atoms with Crippen LogP contribution in [-0.2, 0) is 16.0 Å². The quantitative estimate of drug-likeness (QED) is 0.564. The molecule has 4 aromatic rings. The van der Waals surface area contributed by atoms with Crippen molar-refractivity contribution in [1.29, 1.82) is 0 Å². The van der Waals surface area contributed by atoms with Crippen molar-refractivity contribution in [3.8, 4) is 5.75 Å². The van der Waals surface area contributed by atoms with Crippen molar-refractivity contribution in [3.63, 3.8) is 0 Å². The number of methoxy groups -OCH3 is 1. The maximum absolute atomic E-state index is 5.59. The molecule has 0 atom stereocenters. The van der Waals surface area contributed by atoms with Crippen LogP contribution in [0.4, 0.5) is 0 Å². The predicted molar refractivity (Wildman–Crippen MR) is 99.4 cm³/mol. The SMILES string of the molecule is COc1ccc2c(c1)c1nc3ccccc3nc1n2CCC1OCCO1. The topological polar surface area (TPSA) is 58.4 Å². The maximum atomic E-state index is 5.59. The molecule has 26 heavy (non-hydrogen) atoms. The molecule has 6 heteroatoms. The zero-order valence-electron chi connectivity index (χ0n) is 14.5. The zero-order chi connectivity index (χ0) is 17.5. The van der Waals surface area contributed by atoms with Gasteiger partial charge in [-0.25, -0.2) is 9.97 Å². The van der Waals surface area contributed by atoms with Gasteiger partial charge >= 0.3 is 0 Å². The van der Waals surface area contributed by atoms with Crippen molar-refractivity contribution < 1.29 is 14.2 Å². The summed E-state index contributed by atoms with van der Waals surface area (Å²) in [5, 5.41) is 1.05. The lowest BCUT2D eigenvalue weighted by Gasteiger charge is -2.11. The second-order valence-electron chi connectivity index (χ2n) is 6.38. The van der Waals surface area contributed by atoms with Gasteiger partial charge in [-0.1, -0.05) is 12.1 Å². The number of aromatic nitrogens is 3. The van der Waals surface area contributed by atoms with E-state index in [0.29, 0.717) is 13.2 Å². The number of rotatable bonds is 4. The minimum absolute atomic E-state index is 0.144. The number of hydrogen-bond donors (Lipinski definition) is 0. The predicted octanol–water partition coefficient (Wildman–Crippen LogP) is 3.51. The first kappa shape index (κ1) is 15.5. The number of nitrogens with zero attached hydrogens (tertiary/aromatic N) is 3. The van der Waals surface area contributed by atoms with Gasteiger partial charge in [-0.05, 0) is 30.3 Å². The van der Waals surface area contributed by atoms with Crippen molar-refractivity contribution in [2.45, 2.75) is 19.3 Å². The summed E-state index contributed by atoms with van der Waals surface area (Å²) in [4.78, 5) is 9.77. The molecule has 2 aromatic carbocycles. The van der Waals surface area contributed by atoms with E-state index in [1.165, 1.54) is 0 Å². The molecule has 0 saturated carbocycles. The van der Waals surface area contributed by atoms with Gasteiger partial charge in [-0.3, -0.25) is 0 Å². The smallest absolute Gasteiger partial charge is 0.160 e. The van der Waals surface area contributed by atoms with Gasteiger partial charge in [0.2, 0.25) is 0 Å². The average molecular weight is 349 g/mol. The fourth-order valence-corrected chi connectivity index (χ4v) is 3.58. The molecule has 132 valence electrons. The first-order valence-corrected chi connectivity index (χ1v) is 8.79. The van der Waals surface area contributed by atoms with E-state index in [0.717, 1.165) is 51.8 Å². The fourth-order valence-electron chi connectivity index (χ4n) is 3.58. The molecule has 5 rings (SSSR count). The molecule has 1 aliphatic heterocycles. The van der Waals surface area contributed by atoms with Crippen LogP contribution < -0.4 is 4.74 Å². The molecule has 0 radical (unpaired) electrons. The van der Waals surface area contributed by atoms with E-state index >= 15 is 0 Å². The summed E-state index contributed by atoms with van der Waals surface area (Å²) in [5.74, 6) is 0.814. The van der Waals surface area contributed by atoms with Crippen molar-refractivity contribution in [3.05, 3.63) is 42.5 Å². The fraction of sp³-hybridized carbons (Fsp3) is 0.300. The molecule has 0 bridgehead atoms. The highest BCUT2D eigenvalue weighted by Gasteiger charge is 2.19. The Bertz CT molecular complexity index is 1100. The van der Waals surface area contributed by atoms with Crippen molar-refractivity contribution >= 4 is 33.1 Å². The minimum atomic E-state index is -0.144. The molecule has 0 N–H and O–H groups in total. The number of hydrogen-bond acceptors (Lipinski definition) is 5. The summed E-state index contributed by atoms with van der Waals surface area (Å²) >= 11 is 0. The molecule has 0 unspecified atom stereocenters. The van der Waals surface area contributed by atoms with Crippen molar-refractivity contribution in [2.24, 2.45) is 0 Å². The van der Waals surface area contributed by atoms with Crippen LogP contribution in [0.1, 0.15) is 6.42 Å². The lowest BCUT2D eigenvalue weighted by atomic mass is 10.2. The van der Waals surface area contributed by atoms with E-state index in [1.807, 2.05) is 36.4 Å². The van der Waals surface area contributed by atoms with Crippen LogP contribution >= 0.6 is 0 Å². The summed E-state index contributed by atoms with van der Waals surface area (Å²) in [6, 6.07) is 14.0. The number of benzene rings is 2. The molecule has 1 aliphatic rings. The number of ether oxygens (including phenoxy) is 3. The van der Waals surface area contributed by atoms with Crippen LogP contribution in [0.2, 0.25) is 0 Å². The highest BCUT2D eigenvalue weighted by molar-refractivity contribution is 6.06. The zero-order valence-corrected chi connectivity index (χ0v) is 14.5. The first-order valence-electron chi connectivity index (χ1n) is 8.79. The minimum Gasteiger partial charge on any atom is -0.497 e. The van der Waals surface area contributed by atoms with E-state index < -0.39 is 0 Å². The molecule has 1 saturated heterocycles. The normalized spacial score (nSPS) is 15.4. The largest absolute Gasteiger partial charge is 0.497 e. The van der Waals surface area contributed by atoms with Crippen LogP contribution in [-0.4, -0.2) is 41.1 Å². The maximum Gasteiger partial charge on any atom is 0.160 e. The molecule has 1 fully saturated rings. The summed E-state index contributed by atoms with van der Waals surface area (Å²) < 4.78 is 18.8. The van der Waals surface area contributed by atoms with E-state index in [9.17, 15) is 0 Å². The molecule has 6 nitrogen and oxygen atoms in total. The molecular formula is C20H19N3O3. The highest BCUT2D eigenvalue weighted by atomic mass is 16.7. The van der Waals surface area contributed by atoms with Gasteiger partial charge in [0.1, 0.15) is 11.3 Å². The van der Waals surface area contributed by atoms with E-state index in [4.69, 9.17) is 24.2 Å². The summed E-state index contributed by atoms with van der Waals surface area (Å²) in [7, 11) is 1.68. The van der Waals surface area contributed by atoms with Crippen LogP contribution in [0, 0.1) is 0 Å². The van der Waals surface area contributed by atoms with Crippen LogP contribution in [0.5, 0.6) is 5.75 Å². The van der Waals surface area contributed by atoms with Crippen LogP contribution in [0.15, 0.2) is 42.5 Å². The lowest BCUT2D eigenvalue weighted by Crippen LogP contribution is -2.12. The second-order valence-corrected chi connectivity index (χ2v) is 6.38. The Kier molecular flexibility index (Phi) is 3.72. The van der Waals surface area contributed by atoms with Gasteiger partial charge in [0, 0.05) is 18.4 Å². The van der Waals surface area contributed by atoms with E-state index in [1.54, 1.807) is 7.11 Å². The third-order valence-corrected chi connectivity index (χ3v) is 4.84. The number of aryl methyl sites for hydroxylation is 1. The Hall–Kier alpha value is -2.70. The molecule has 0 aliphatic carbocycles. The van der Waals surface area contributed by atoms with Crippen LogP contribution in [0.3, 0.4) is 0 Å². The van der Waals surface area contributed by atoms with Gasteiger partial charge < -0.3 is 18.8 Å². The summed E-state index contributed by atoms with van der Waals surface area (Å²) in [5.41, 5.74) is 4.65. The lowest BCUT2D eigenvalue weighted by molar-refractivity contribution is -0.0487. The number of fused-ring (bicyclic) bond motifs is 4. The molecule has 3 heterocycles. The Balaban J connectivity index is 1.72. The van der Waals surface area contributed by atoms with Crippen molar-refractivity contribution in [2.75, 3.05) is 20.3 Å². The van der Waals surface area contributed by atoms with Gasteiger partial charge in [0.25, 0.3) is 0 Å². The average Bonchev–Trinajstić information content (AvgIpc) is 3.30. The molecule has 0 spiro atoms. The van der Waals surface area contributed by atoms with E-state index in [-0.39, 0.29) is 6.29 Å². The standard InChI is InChI=1S/C20H19N3O3/c1-24-13-6-7-17-14(12-13)19-20(22-16-5-3-2-4-15(16)21-19)23(17)9-8-18-25-10-11-26-18/h2-7,12,18H,8-11H2,1H3. The van der Waals surface area contributed by atoms with Crippen molar-refractivity contribution in [1.82, 2.24) is 14.5 Å². The molecular weight excluding hydrogens is 330 g/mol. The van der Waals surface area contributed by atoms with Crippen LogP contribution in [0.25, 0.3) is 33.1 Å². The second kappa shape index (κ2) is 6.23. The number of para-hydroxylation sites is 2. The van der Waals surface area contributed by atoms with Gasteiger partial charge in [0.15, 0.2) is 11.9 Å². The Morgan fingerprint density at radius 2 is 1.85 bits per heavy atom. The summed E-state index contributed by atoms with van der Waals surface area (Å²) in [6.07, 6.45) is 0.633. The first-order chi connectivity index (χ1) is 12.8. The Morgan fingerprint density at radius 1 is 1.08 bits per heavy atom. The Labute approximate surface area is 150 Å². The van der Waals surface area contributed by atoms with E-state index in [2.05, 4.69) is 10.6 Å². The molecule has 0 amide bonds. The highest BCUT2D eigenvalue weighted by Crippen LogP contribution is 2.31. The summed E-state index contributed by atoms with van der Waals surface area (Å²) in [6.45, 7) is 2.09. The third-order valence-electron chi connectivity index (χ3n) is 4.84.